The molecule has 6 heteroatoms. The molecule has 3 N–H and O–H groups in total. The van der Waals surface area contributed by atoms with Crippen LogP contribution in [-0.4, -0.2) is 23.3 Å². The predicted octanol–water partition coefficient (Wildman–Crippen LogP) is 1.67. The molecule has 1 aliphatic heterocycles. The van der Waals surface area contributed by atoms with Gasteiger partial charge in [0.15, 0.2) is 5.76 Å². The number of carbonyl (C=O) groups excluding carboxylic acids is 2. The minimum atomic E-state index is -0.469. The molecule has 0 aliphatic carbocycles. The van der Waals surface area contributed by atoms with Crippen LogP contribution in [-0.2, 0) is 11.3 Å². The molecule has 0 radical (unpaired) electrons. The van der Waals surface area contributed by atoms with Crippen LogP contribution in [0.5, 0.6) is 0 Å². The highest BCUT2D eigenvalue weighted by molar-refractivity contribution is 5.90. The van der Waals surface area contributed by atoms with Crippen molar-refractivity contribution in [2.75, 3.05) is 6.54 Å². The smallest absolute Gasteiger partial charge is 0.300 e. The van der Waals surface area contributed by atoms with Crippen molar-refractivity contribution in [2.24, 2.45) is 17.7 Å². The summed E-state index contributed by atoms with van der Waals surface area (Å²) < 4.78 is 5.42. The molecule has 1 atom stereocenters. The molecular formula is C15H23N3O3. The number of furan rings is 1. The molecule has 0 aromatic carbocycles. The summed E-state index contributed by atoms with van der Waals surface area (Å²) in [5.74, 6) is 6.70. The van der Waals surface area contributed by atoms with E-state index in [9.17, 15) is 9.59 Å². The number of nitrogens with zero attached hydrogens (tertiary/aromatic N) is 1. The van der Waals surface area contributed by atoms with Crippen LogP contribution in [0.2, 0.25) is 0 Å². The topological polar surface area (TPSA) is 88.6 Å². The van der Waals surface area contributed by atoms with Gasteiger partial charge in [0.25, 0.3) is 0 Å². The summed E-state index contributed by atoms with van der Waals surface area (Å²) in [4.78, 5) is 25.3. The third kappa shape index (κ3) is 3.85. The van der Waals surface area contributed by atoms with E-state index in [4.69, 9.17) is 10.3 Å². The number of nitrogen functional groups attached to an aromatic ring is 1. The van der Waals surface area contributed by atoms with Crippen molar-refractivity contribution in [1.82, 2.24) is 10.3 Å². The minimum Gasteiger partial charge on any atom is -0.454 e. The molecule has 1 aliphatic rings. The third-order valence-corrected chi connectivity index (χ3v) is 4.16. The van der Waals surface area contributed by atoms with Crippen LogP contribution in [0.15, 0.2) is 16.5 Å². The van der Waals surface area contributed by atoms with Gasteiger partial charge >= 0.3 is 5.91 Å². The first-order valence-corrected chi connectivity index (χ1v) is 7.38. The van der Waals surface area contributed by atoms with Crippen LogP contribution < -0.4 is 11.3 Å². The van der Waals surface area contributed by atoms with E-state index in [0.717, 1.165) is 19.4 Å². The van der Waals surface area contributed by atoms with Gasteiger partial charge in [-0.3, -0.25) is 15.0 Å². The number of rotatable bonds is 4. The maximum Gasteiger partial charge on any atom is 0.300 e. The van der Waals surface area contributed by atoms with Crippen molar-refractivity contribution in [3.05, 3.63) is 23.7 Å². The number of hydrogen-bond donors (Lipinski definition) is 2. The van der Waals surface area contributed by atoms with Crippen LogP contribution in [0.3, 0.4) is 0 Å². The fourth-order valence-corrected chi connectivity index (χ4v) is 2.74. The molecular weight excluding hydrogens is 270 g/mol. The number of amides is 2. The van der Waals surface area contributed by atoms with E-state index in [-0.39, 0.29) is 11.7 Å². The van der Waals surface area contributed by atoms with Gasteiger partial charge in [-0.15, -0.1) is 0 Å². The second-order valence-corrected chi connectivity index (χ2v) is 5.89. The molecule has 0 saturated carbocycles. The van der Waals surface area contributed by atoms with E-state index < -0.39 is 5.91 Å². The lowest BCUT2D eigenvalue weighted by molar-refractivity contribution is -0.131. The van der Waals surface area contributed by atoms with Crippen molar-refractivity contribution in [2.45, 2.75) is 39.7 Å². The predicted molar refractivity (Wildman–Crippen MR) is 78.0 cm³/mol. The Bertz CT molecular complexity index is 510. The van der Waals surface area contributed by atoms with E-state index in [2.05, 4.69) is 13.8 Å². The second-order valence-electron chi connectivity index (χ2n) is 5.89. The Morgan fingerprint density at radius 2 is 2.24 bits per heavy atom. The van der Waals surface area contributed by atoms with Gasteiger partial charge in [0, 0.05) is 13.0 Å². The highest BCUT2D eigenvalue weighted by Gasteiger charge is 2.25. The standard InChI is InChI=1S/C15H23N3O3/c1-10(2)11-3-6-14(19)18(8-7-11)9-12-4-5-13(21-12)15(20)17-16/h4-5,10-11H,3,6-9,16H2,1-2H3,(H,17,20). The zero-order valence-electron chi connectivity index (χ0n) is 12.6. The Morgan fingerprint density at radius 3 is 2.90 bits per heavy atom. The zero-order valence-corrected chi connectivity index (χ0v) is 12.6. The number of nitrogens with one attached hydrogen (secondary N) is 1. The van der Waals surface area contributed by atoms with Crippen LogP contribution in [0, 0.1) is 11.8 Å². The van der Waals surface area contributed by atoms with Crippen molar-refractivity contribution in [3.8, 4) is 0 Å². The fourth-order valence-electron chi connectivity index (χ4n) is 2.74. The maximum atomic E-state index is 12.2. The monoisotopic (exact) mass is 293 g/mol. The lowest BCUT2D eigenvalue weighted by Crippen LogP contribution is -2.30. The fraction of sp³-hybridized carbons (Fsp3) is 0.600. The van der Waals surface area contributed by atoms with Crippen LogP contribution >= 0.6 is 0 Å². The number of hydrazine groups is 1. The first-order chi connectivity index (χ1) is 10.0. The Balaban J connectivity index is 2.00. The highest BCUT2D eigenvalue weighted by Crippen LogP contribution is 2.26. The molecule has 2 amide bonds. The summed E-state index contributed by atoms with van der Waals surface area (Å²) in [5.41, 5.74) is 2.02. The number of likely N-dealkylation sites (tertiary alicyclic amines) is 1. The van der Waals surface area contributed by atoms with E-state index in [1.165, 1.54) is 0 Å². The Morgan fingerprint density at radius 1 is 1.48 bits per heavy atom. The summed E-state index contributed by atoms with van der Waals surface area (Å²) in [7, 11) is 0. The molecule has 1 unspecified atom stereocenters. The summed E-state index contributed by atoms with van der Waals surface area (Å²) in [5, 5.41) is 0. The van der Waals surface area contributed by atoms with Gasteiger partial charge in [-0.2, -0.15) is 0 Å². The third-order valence-electron chi connectivity index (χ3n) is 4.16. The molecule has 1 aromatic rings. The lowest BCUT2D eigenvalue weighted by Gasteiger charge is -2.20. The van der Waals surface area contributed by atoms with Gasteiger partial charge in [0.05, 0.1) is 6.54 Å². The van der Waals surface area contributed by atoms with Gasteiger partial charge in [-0.1, -0.05) is 13.8 Å². The number of carbonyl (C=O) groups is 2. The molecule has 1 fully saturated rings. The van der Waals surface area contributed by atoms with Gasteiger partial charge in [-0.25, -0.2) is 5.84 Å². The van der Waals surface area contributed by atoms with E-state index in [0.29, 0.717) is 30.6 Å². The van der Waals surface area contributed by atoms with Gasteiger partial charge < -0.3 is 9.32 Å². The molecule has 0 spiro atoms. The summed E-state index contributed by atoms with van der Waals surface area (Å²) in [6.07, 6.45) is 2.55. The largest absolute Gasteiger partial charge is 0.454 e. The average molecular weight is 293 g/mol. The highest BCUT2D eigenvalue weighted by atomic mass is 16.4. The molecule has 0 bridgehead atoms. The molecule has 21 heavy (non-hydrogen) atoms. The van der Waals surface area contributed by atoms with Crippen molar-refractivity contribution in [1.29, 1.82) is 0 Å². The van der Waals surface area contributed by atoms with Crippen LogP contribution in [0.4, 0.5) is 0 Å². The first-order valence-electron chi connectivity index (χ1n) is 7.38. The van der Waals surface area contributed by atoms with Crippen molar-refractivity contribution < 1.29 is 14.0 Å². The molecule has 2 heterocycles. The summed E-state index contributed by atoms with van der Waals surface area (Å²) in [6.45, 7) is 5.55. The van der Waals surface area contributed by atoms with Crippen LogP contribution in [0.1, 0.15) is 49.4 Å². The quantitative estimate of drug-likeness (QED) is 0.502. The summed E-state index contributed by atoms with van der Waals surface area (Å²) in [6, 6.07) is 3.28. The summed E-state index contributed by atoms with van der Waals surface area (Å²) >= 11 is 0. The van der Waals surface area contributed by atoms with E-state index in [1.807, 2.05) is 10.3 Å². The molecule has 1 aromatic heterocycles. The van der Waals surface area contributed by atoms with Gasteiger partial charge in [-0.05, 0) is 36.8 Å². The second kappa shape index (κ2) is 6.76. The molecule has 6 nitrogen and oxygen atoms in total. The van der Waals surface area contributed by atoms with Crippen LogP contribution in [0.25, 0.3) is 0 Å². The Hall–Kier alpha value is -1.82. The lowest BCUT2D eigenvalue weighted by atomic mass is 9.89. The van der Waals surface area contributed by atoms with Crippen molar-refractivity contribution in [3.63, 3.8) is 0 Å². The normalized spacial score (nSPS) is 19.7. The van der Waals surface area contributed by atoms with Gasteiger partial charge in [0.2, 0.25) is 5.91 Å². The van der Waals surface area contributed by atoms with E-state index in [1.54, 1.807) is 12.1 Å². The zero-order chi connectivity index (χ0) is 15.4. The SMILES string of the molecule is CC(C)C1CCC(=O)N(Cc2ccc(C(=O)NN)o2)CC1. The number of hydrogen-bond acceptors (Lipinski definition) is 4. The average Bonchev–Trinajstić information content (AvgIpc) is 2.84. The molecule has 2 rings (SSSR count). The molecule has 1 saturated heterocycles. The Kier molecular flexibility index (Phi) is 5.01. The maximum absolute atomic E-state index is 12.2. The Labute approximate surface area is 124 Å². The first kappa shape index (κ1) is 15.6. The molecule has 116 valence electrons. The minimum absolute atomic E-state index is 0.152. The number of nitrogens with two attached hydrogens (primary N) is 1. The van der Waals surface area contributed by atoms with Gasteiger partial charge in [0.1, 0.15) is 5.76 Å². The van der Waals surface area contributed by atoms with E-state index >= 15 is 0 Å². The van der Waals surface area contributed by atoms with Crippen molar-refractivity contribution >= 4 is 11.8 Å².